The lowest BCUT2D eigenvalue weighted by atomic mass is 10.0. The van der Waals surface area contributed by atoms with Crippen LogP contribution in [0, 0.1) is 5.92 Å². The van der Waals surface area contributed by atoms with Crippen LogP contribution >= 0.6 is 11.3 Å². The van der Waals surface area contributed by atoms with E-state index in [0.717, 1.165) is 19.4 Å². The third kappa shape index (κ3) is 2.62. The molecule has 2 aliphatic rings. The predicted octanol–water partition coefficient (Wildman–Crippen LogP) is 2.38. The van der Waals surface area contributed by atoms with E-state index in [1.54, 1.807) is 11.3 Å². The van der Waals surface area contributed by atoms with Crippen molar-refractivity contribution in [1.29, 1.82) is 0 Å². The molecule has 2 aliphatic heterocycles. The van der Waals surface area contributed by atoms with Gasteiger partial charge in [0.1, 0.15) is 6.17 Å². The highest BCUT2D eigenvalue weighted by molar-refractivity contribution is 7.10. The number of nitrogens with zero attached hydrogens (tertiary/aromatic N) is 1. The Kier molecular flexibility index (Phi) is 4.10. The predicted molar refractivity (Wildman–Crippen MR) is 79.5 cm³/mol. The Morgan fingerprint density at radius 3 is 3.00 bits per heavy atom. The zero-order valence-corrected chi connectivity index (χ0v) is 12.9. The van der Waals surface area contributed by atoms with Crippen molar-refractivity contribution in [3.8, 4) is 0 Å². The van der Waals surface area contributed by atoms with Gasteiger partial charge < -0.3 is 9.64 Å². The maximum Gasteiger partial charge on any atom is 0.241 e. The molecule has 2 saturated heterocycles. The van der Waals surface area contributed by atoms with Crippen LogP contribution < -0.4 is 5.32 Å². The molecule has 2 fully saturated rings. The van der Waals surface area contributed by atoms with Crippen LogP contribution in [0.5, 0.6) is 0 Å². The summed E-state index contributed by atoms with van der Waals surface area (Å²) in [6, 6.07) is 4.06. The molecule has 0 aliphatic carbocycles. The normalized spacial score (nSPS) is 30.6. The second-order valence-corrected chi connectivity index (χ2v) is 6.91. The van der Waals surface area contributed by atoms with Gasteiger partial charge in [-0.25, -0.2) is 0 Å². The van der Waals surface area contributed by atoms with Crippen LogP contribution in [0.15, 0.2) is 17.5 Å². The van der Waals surface area contributed by atoms with Crippen molar-refractivity contribution in [3.05, 3.63) is 22.4 Å². The van der Waals surface area contributed by atoms with E-state index >= 15 is 0 Å². The van der Waals surface area contributed by atoms with E-state index in [9.17, 15) is 4.79 Å². The Labute approximate surface area is 124 Å². The van der Waals surface area contributed by atoms with Crippen LogP contribution in [0.25, 0.3) is 0 Å². The first kappa shape index (κ1) is 14.0. The molecule has 1 amide bonds. The van der Waals surface area contributed by atoms with Crippen molar-refractivity contribution in [2.24, 2.45) is 5.92 Å². The smallest absolute Gasteiger partial charge is 0.241 e. The van der Waals surface area contributed by atoms with E-state index in [-0.39, 0.29) is 24.2 Å². The van der Waals surface area contributed by atoms with Crippen molar-refractivity contribution < 1.29 is 9.53 Å². The third-order valence-corrected chi connectivity index (χ3v) is 5.03. The molecule has 3 rings (SSSR count). The van der Waals surface area contributed by atoms with Crippen LogP contribution in [0.3, 0.4) is 0 Å². The number of nitrogens with one attached hydrogen (secondary N) is 1. The number of hydrogen-bond donors (Lipinski definition) is 1. The maximum absolute atomic E-state index is 12.7. The van der Waals surface area contributed by atoms with E-state index in [1.165, 1.54) is 4.88 Å². The van der Waals surface area contributed by atoms with E-state index in [2.05, 4.69) is 30.6 Å². The molecule has 5 heteroatoms. The molecule has 1 aromatic heterocycles. The molecule has 1 N–H and O–H groups in total. The molecular formula is C15H22N2O2S. The average molecular weight is 294 g/mol. The summed E-state index contributed by atoms with van der Waals surface area (Å²) in [5.41, 5.74) is 0. The second-order valence-electron chi connectivity index (χ2n) is 5.93. The van der Waals surface area contributed by atoms with Gasteiger partial charge in [-0.1, -0.05) is 19.9 Å². The van der Waals surface area contributed by atoms with Crippen molar-refractivity contribution in [2.75, 3.05) is 13.2 Å². The highest BCUT2D eigenvalue weighted by Crippen LogP contribution is 2.31. The quantitative estimate of drug-likeness (QED) is 0.927. The van der Waals surface area contributed by atoms with E-state index in [4.69, 9.17) is 4.74 Å². The first-order valence-corrected chi connectivity index (χ1v) is 8.26. The molecular weight excluding hydrogens is 272 g/mol. The largest absolute Gasteiger partial charge is 0.376 e. The summed E-state index contributed by atoms with van der Waals surface area (Å²) >= 11 is 1.70. The van der Waals surface area contributed by atoms with E-state index in [0.29, 0.717) is 12.5 Å². The Morgan fingerprint density at radius 1 is 1.55 bits per heavy atom. The molecule has 0 spiro atoms. The summed E-state index contributed by atoms with van der Waals surface area (Å²) in [6.07, 6.45) is 2.39. The van der Waals surface area contributed by atoms with Gasteiger partial charge >= 0.3 is 0 Å². The molecule has 3 heterocycles. The van der Waals surface area contributed by atoms with Gasteiger partial charge in [0.25, 0.3) is 0 Å². The summed E-state index contributed by atoms with van der Waals surface area (Å²) in [4.78, 5) is 15.8. The number of amides is 1. The van der Waals surface area contributed by atoms with Crippen LogP contribution in [0.1, 0.15) is 37.7 Å². The topological polar surface area (TPSA) is 41.6 Å². The highest BCUT2D eigenvalue weighted by Gasteiger charge is 2.42. The lowest BCUT2D eigenvalue weighted by Gasteiger charge is -2.26. The van der Waals surface area contributed by atoms with Crippen LogP contribution in [-0.4, -0.2) is 36.1 Å². The SMILES string of the molecule is CC(C)C1NC(c2cccs2)N(CC2CCCO2)C1=O. The second kappa shape index (κ2) is 5.84. The summed E-state index contributed by atoms with van der Waals surface area (Å²) in [5, 5.41) is 5.56. The number of ether oxygens (including phenoxy) is 1. The minimum absolute atomic E-state index is 0.0131. The Balaban J connectivity index is 1.80. The summed E-state index contributed by atoms with van der Waals surface area (Å²) in [7, 11) is 0. The minimum Gasteiger partial charge on any atom is -0.376 e. The monoisotopic (exact) mass is 294 g/mol. The molecule has 20 heavy (non-hydrogen) atoms. The van der Waals surface area contributed by atoms with Gasteiger partial charge in [0.2, 0.25) is 5.91 Å². The molecule has 0 radical (unpaired) electrons. The molecule has 3 atom stereocenters. The molecule has 0 saturated carbocycles. The van der Waals surface area contributed by atoms with Crippen molar-refractivity contribution in [1.82, 2.24) is 10.2 Å². The molecule has 110 valence electrons. The Hall–Kier alpha value is -0.910. The van der Waals surface area contributed by atoms with Gasteiger partial charge in [0.15, 0.2) is 0 Å². The minimum atomic E-state index is -0.0801. The molecule has 4 nitrogen and oxygen atoms in total. The van der Waals surface area contributed by atoms with Gasteiger partial charge in [-0.3, -0.25) is 10.1 Å². The number of carbonyl (C=O) groups is 1. The van der Waals surface area contributed by atoms with Crippen LogP contribution in [0.4, 0.5) is 0 Å². The molecule has 0 bridgehead atoms. The lowest BCUT2D eigenvalue weighted by Crippen LogP contribution is -2.38. The number of thiophene rings is 1. The fraction of sp³-hybridized carbons (Fsp3) is 0.667. The first-order chi connectivity index (χ1) is 9.66. The third-order valence-electron chi connectivity index (χ3n) is 4.10. The van der Waals surface area contributed by atoms with Gasteiger partial charge in [-0.05, 0) is 30.2 Å². The number of hydrogen-bond acceptors (Lipinski definition) is 4. The van der Waals surface area contributed by atoms with Crippen molar-refractivity contribution in [3.63, 3.8) is 0 Å². The standard InChI is InChI=1S/C15H22N2O2S/c1-10(2)13-15(18)17(9-11-5-3-7-19-11)14(16-13)12-6-4-8-20-12/h4,6,8,10-11,13-14,16H,3,5,7,9H2,1-2H3. The lowest BCUT2D eigenvalue weighted by molar-refractivity contribution is -0.132. The first-order valence-electron chi connectivity index (χ1n) is 7.38. The average Bonchev–Trinajstić information content (AvgIpc) is 3.13. The Morgan fingerprint density at radius 2 is 2.40 bits per heavy atom. The van der Waals surface area contributed by atoms with Crippen LogP contribution in [-0.2, 0) is 9.53 Å². The fourth-order valence-corrected chi connectivity index (χ4v) is 3.80. The van der Waals surface area contributed by atoms with Crippen LogP contribution in [0.2, 0.25) is 0 Å². The van der Waals surface area contributed by atoms with Crippen molar-refractivity contribution in [2.45, 2.75) is 45.0 Å². The summed E-state index contributed by atoms with van der Waals surface area (Å²) in [5.74, 6) is 0.522. The van der Waals surface area contributed by atoms with Gasteiger partial charge in [0, 0.05) is 18.0 Å². The fourth-order valence-electron chi connectivity index (χ4n) is 3.00. The number of carbonyl (C=O) groups excluding carboxylic acids is 1. The van der Waals surface area contributed by atoms with Crippen molar-refractivity contribution >= 4 is 17.2 Å². The zero-order chi connectivity index (χ0) is 14.1. The number of rotatable bonds is 4. The molecule has 1 aromatic rings. The highest BCUT2D eigenvalue weighted by atomic mass is 32.1. The zero-order valence-electron chi connectivity index (χ0n) is 12.0. The van der Waals surface area contributed by atoms with Gasteiger partial charge in [0.05, 0.1) is 12.1 Å². The maximum atomic E-state index is 12.7. The summed E-state index contributed by atoms with van der Waals surface area (Å²) in [6.45, 7) is 5.72. The van der Waals surface area contributed by atoms with E-state index in [1.807, 2.05) is 11.0 Å². The molecule has 0 aromatic carbocycles. The molecule has 3 unspecified atom stereocenters. The van der Waals surface area contributed by atoms with Gasteiger partial charge in [-0.15, -0.1) is 11.3 Å². The van der Waals surface area contributed by atoms with E-state index < -0.39 is 0 Å². The Bertz CT molecular complexity index is 454. The summed E-state index contributed by atoms with van der Waals surface area (Å²) < 4.78 is 5.71. The van der Waals surface area contributed by atoms with Gasteiger partial charge in [-0.2, -0.15) is 0 Å².